The molecular formula is C29H31Br2NO4. The number of ether oxygens (including phenoxy) is 1. The van der Waals surface area contributed by atoms with Crippen molar-refractivity contribution in [1.82, 2.24) is 4.90 Å². The quantitative estimate of drug-likeness (QED) is 0.225. The second-order valence-electron chi connectivity index (χ2n) is 9.30. The van der Waals surface area contributed by atoms with Crippen LogP contribution in [0.5, 0.6) is 17.2 Å². The fourth-order valence-corrected chi connectivity index (χ4v) is 5.23. The zero-order valence-electron chi connectivity index (χ0n) is 20.9. The van der Waals surface area contributed by atoms with Crippen LogP contribution in [0.15, 0.2) is 57.5 Å². The number of carboxylic acid groups (broad SMARTS) is 1. The van der Waals surface area contributed by atoms with Crippen molar-refractivity contribution in [1.29, 1.82) is 0 Å². The first kappa shape index (κ1) is 28.0. The van der Waals surface area contributed by atoms with Crippen molar-refractivity contribution < 1.29 is 19.7 Å². The van der Waals surface area contributed by atoms with E-state index < -0.39 is 5.97 Å². The fraction of sp³-hybridized carbons (Fsp3) is 0.276. The number of aliphatic carboxylic acids is 1. The van der Waals surface area contributed by atoms with E-state index in [1.165, 1.54) is 5.56 Å². The van der Waals surface area contributed by atoms with Gasteiger partial charge in [-0.2, -0.15) is 0 Å². The summed E-state index contributed by atoms with van der Waals surface area (Å²) in [7, 11) is 4.09. The minimum atomic E-state index is -0.835. The predicted octanol–water partition coefficient (Wildman–Crippen LogP) is 8.08. The molecule has 0 aromatic heterocycles. The Morgan fingerprint density at radius 2 is 1.64 bits per heavy atom. The molecule has 0 heterocycles. The summed E-state index contributed by atoms with van der Waals surface area (Å²) in [5, 5.41) is 19.9. The first-order chi connectivity index (χ1) is 17.0. The van der Waals surface area contributed by atoms with Gasteiger partial charge in [0.05, 0.1) is 8.95 Å². The number of hydrogen-bond acceptors (Lipinski definition) is 4. The van der Waals surface area contributed by atoms with Crippen LogP contribution in [0.4, 0.5) is 0 Å². The lowest BCUT2D eigenvalue weighted by Crippen LogP contribution is -2.10. The third-order valence-corrected chi connectivity index (χ3v) is 6.78. The number of carboxylic acids is 1. The van der Waals surface area contributed by atoms with Crippen LogP contribution in [0.1, 0.15) is 54.0 Å². The second kappa shape index (κ2) is 12.6. The summed E-state index contributed by atoms with van der Waals surface area (Å²) < 4.78 is 7.68. The maximum absolute atomic E-state index is 10.9. The molecule has 0 radical (unpaired) electrons. The molecule has 0 saturated carbocycles. The van der Waals surface area contributed by atoms with Crippen LogP contribution in [0.2, 0.25) is 0 Å². The number of benzene rings is 3. The molecule has 0 unspecified atom stereocenters. The Labute approximate surface area is 229 Å². The fourth-order valence-electron chi connectivity index (χ4n) is 3.79. The van der Waals surface area contributed by atoms with Gasteiger partial charge < -0.3 is 19.8 Å². The summed E-state index contributed by atoms with van der Waals surface area (Å²) in [5.41, 5.74) is 4.62. The largest absolute Gasteiger partial charge is 0.507 e. The molecule has 190 valence electrons. The molecule has 0 aliphatic rings. The van der Waals surface area contributed by atoms with Gasteiger partial charge >= 0.3 is 5.97 Å². The maximum Gasteiger partial charge on any atom is 0.303 e. The molecule has 0 aliphatic carbocycles. The zero-order chi connectivity index (χ0) is 26.4. The standard InChI is InChI=1S/C29H31Br2NO4/c1-18(2)24-16-23(36-29-25(30)13-21(14-26(29)31)10-12-27(33)34)15-22(28(24)35)11-9-19-5-7-20(8-6-19)17-32(3)4/h5-9,11,13-16,18,35H,10,12,17H2,1-4H3,(H,33,34). The van der Waals surface area contributed by atoms with Gasteiger partial charge in [0, 0.05) is 24.1 Å². The first-order valence-corrected chi connectivity index (χ1v) is 13.3. The smallest absolute Gasteiger partial charge is 0.303 e. The molecule has 0 aliphatic heterocycles. The molecule has 0 spiro atoms. The number of aromatic hydroxyl groups is 1. The molecule has 3 rings (SSSR count). The Morgan fingerprint density at radius 3 is 2.19 bits per heavy atom. The number of phenols is 1. The minimum Gasteiger partial charge on any atom is -0.507 e. The van der Waals surface area contributed by atoms with Crippen LogP contribution in [-0.2, 0) is 17.8 Å². The third-order valence-electron chi connectivity index (χ3n) is 5.60. The van der Waals surface area contributed by atoms with E-state index in [1.54, 1.807) is 0 Å². The van der Waals surface area contributed by atoms with Gasteiger partial charge in [-0.25, -0.2) is 0 Å². The topological polar surface area (TPSA) is 70.0 Å². The number of nitrogens with zero attached hydrogens (tertiary/aromatic N) is 1. The lowest BCUT2D eigenvalue weighted by Gasteiger charge is -2.16. The number of halogens is 2. The number of rotatable bonds is 10. The number of phenolic OH excluding ortho intramolecular Hbond substituents is 1. The van der Waals surface area contributed by atoms with E-state index in [2.05, 4.69) is 61.0 Å². The van der Waals surface area contributed by atoms with Crippen molar-refractivity contribution in [2.45, 2.75) is 39.2 Å². The normalized spacial score (nSPS) is 11.6. The highest BCUT2D eigenvalue weighted by molar-refractivity contribution is 9.11. The van der Waals surface area contributed by atoms with Crippen molar-refractivity contribution >= 4 is 50.0 Å². The van der Waals surface area contributed by atoms with Crippen molar-refractivity contribution in [2.75, 3.05) is 14.1 Å². The highest BCUT2D eigenvalue weighted by atomic mass is 79.9. The van der Waals surface area contributed by atoms with Crippen LogP contribution < -0.4 is 4.74 Å². The monoisotopic (exact) mass is 615 g/mol. The maximum atomic E-state index is 10.9. The zero-order valence-corrected chi connectivity index (χ0v) is 24.1. The van der Waals surface area contributed by atoms with Crippen molar-refractivity contribution in [3.8, 4) is 17.2 Å². The SMILES string of the molecule is CC(C)c1cc(Oc2c(Br)cc(CCC(=O)O)cc2Br)cc(C=Cc2ccc(CN(C)C)cc2)c1O. The number of hydrogen-bond donors (Lipinski definition) is 2. The van der Waals surface area contributed by atoms with Gasteiger partial charge in [0.1, 0.15) is 11.5 Å². The lowest BCUT2D eigenvalue weighted by molar-refractivity contribution is -0.136. The number of carbonyl (C=O) groups is 1. The molecule has 0 amide bonds. The van der Waals surface area contributed by atoms with Gasteiger partial charge in [-0.15, -0.1) is 0 Å². The van der Waals surface area contributed by atoms with Gasteiger partial charge in [-0.05, 0) is 99.2 Å². The van der Waals surface area contributed by atoms with Crippen LogP contribution in [-0.4, -0.2) is 35.2 Å². The van der Waals surface area contributed by atoms with Crippen molar-refractivity contribution in [3.63, 3.8) is 0 Å². The Morgan fingerprint density at radius 1 is 1.00 bits per heavy atom. The van der Waals surface area contributed by atoms with Crippen LogP contribution in [0.25, 0.3) is 12.2 Å². The molecule has 2 N–H and O–H groups in total. The minimum absolute atomic E-state index is 0.0584. The summed E-state index contributed by atoms with van der Waals surface area (Å²) in [6.07, 6.45) is 4.36. The van der Waals surface area contributed by atoms with Crippen molar-refractivity contribution in [2.24, 2.45) is 0 Å². The van der Waals surface area contributed by atoms with E-state index in [-0.39, 0.29) is 18.1 Å². The van der Waals surface area contributed by atoms with E-state index in [0.29, 0.717) is 32.4 Å². The second-order valence-corrected chi connectivity index (χ2v) is 11.0. The molecule has 0 bridgehead atoms. The Kier molecular flexibility index (Phi) is 9.77. The van der Waals surface area contributed by atoms with Crippen LogP contribution in [0.3, 0.4) is 0 Å². The average molecular weight is 617 g/mol. The van der Waals surface area contributed by atoms with Gasteiger partial charge in [0.2, 0.25) is 0 Å². The van der Waals surface area contributed by atoms with Gasteiger partial charge in [0.25, 0.3) is 0 Å². The molecule has 0 saturated heterocycles. The highest BCUT2D eigenvalue weighted by Crippen LogP contribution is 2.41. The van der Waals surface area contributed by atoms with Crippen LogP contribution >= 0.6 is 31.9 Å². The first-order valence-electron chi connectivity index (χ1n) is 11.7. The summed E-state index contributed by atoms with van der Waals surface area (Å²) in [6.45, 7) is 4.94. The van der Waals surface area contributed by atoms with Gasteiger partial charge in [-0.3, -0.25) is 4.79 Å². The summed E-state index contributed by atoms with van der Waals surface area (Å²) in [5.74, 6) is 0.673. The summed E-state index contributed by atoms with van der Waals surface area (Å²) >= 11 is 7.11. The Balaban J connectivity index is 1.90. The molecule has 0 atom stereocenters. The Bertz CT molecular complexity index is 1230. The molecule has 3 aromatic rings. The van der Waals surface area contributed by atoms with Gasteiger partial charge in [-0.1, -0.05) is 50.3 Å². The van der Waals surface area contributed by atoms with E-state index >= 15 is 0 Å². The molecule has 36 heavy (non-hydrogen) atoms. The van der Waals surface area contributed by atoms with Crippen molar-refractivity contribution in [3.05, 3.63) is 85.3 Å². The molecule has 0 fully saturated rings. The molecular weight excluding hydrogens is 586 g/mol. The van der Waals surface area contributed by atoms with E-state index in [0.717, 1.165) is 23.2 Å². The van der Waals surface area contributed by atoms with E-state index in [1.807, 2.05) is 64.4 Å². The average Bonchev–Trinajstić information content (AvgIpc) is 2.80. The Hall–Kier alpha value is -2.61. The summed E-state index contributed by atoms with van der Waals surface area (Å²) in [4.78, 5) is 13.0. The number of aryl methyl sites for hydroxylation is 1. The molecule has 7 heteroatoms. The highest BCUT2D eigenvalue weighted by Gasteiger charge is 2.16. The van der Waals surface area contributed by atoms with Crippen LogP contribution in [0, 0.1) is 0 Å². The van der Waals surface area contributed by atoms with Gasteiger partial charge in [0.15, 0.2) is 5.75 Å². The summed E-state index contributed by atoms with van der Waals surface area (Å²) in [6, 6.07) is 15.7. The predicted molar refractivity (Wildman–Crippen MR) is 153 cm³/mol. The molecule has 3 aromatic carbocycles. The van der Waals surface area contributed by atoms with E-state index in [4.69, 9.17) is 9.84 Å². The van der Waals surface area contributed by atoms with E-state index in [9.17, 15) is 9.90 Å². The lowest BCUT2D eigenvalue weighted by atomic mass is 9.98. The third kappa shape index (κ3) is 7.69. The molecule has 5 nitrogen and oxygen atoms in total.